The van der Waals surface area contributed by atoms with Crippen molar-refractivity contribution in [3.63, 3.8) is 0 Å². The van der Waals surface area contributed by atoms with Crippen molar-refractivity contribution in [3.05, 3.63) is 59.9 Å². The highest BCUT2D eigenvalue weighted by Crippen LogP contribution is 2.17. The minimum absolute atomic E-state index is 0.327. The van der Waals surface area contributed by atoms with Gasteiger partial charge in [-0.2, -0.15) is 0 Å². The Bertz CT molecular complexity index is 528. The number of hydrogen-bond acceptors (Lipinski definition) is 3. The Labute approximate surface area is 120 Å². The first-order chi connectivity index (χ1) is 9.69. The molecule has 1 N–H and O–H groups in total. The zero-order valence-corrected chi connectivity index (χ0v) is 12.2. The first-order valence-electron chi connectivity index (χ1n) is 7.10. The molecule has 1 aromatic heterocycles. The number of nitrogens with zero attached hydrogens (tertiary/aromatic N) is 2. The first-order valence-corrected chi connectivity index (χ1v) is 7.10. The maximum atomic E-state index is 9.58. The monoisotopic (exact) mass is 270 g/mol. The number of hydrogen-bond donors (Lipinski definition) is 1. The molecule has 0 fully saturated rings. The largest absolute Gasteiger partial charge is 0.508 e. The maximum absolute atomic E-state index is 9.58. The number of rotatable bonds is 6. The number of aromatic hydroxyl groups is 1. The number of aromatic nitrogens is 1. The molecule has 1 aromatic carbocycles. The summed E-state index contributed by atoms with van der Waals surface area (Å²) >= 11 is 0. The molecule has 0 amide bonds. The second-order valence-corrected chi connectivity index (χ2v) is 5.19. The van der Waals surface area contributed by atoms with E-state index in [-0.39, 0.29) is 0 Å². The molecule has 1 heterocycles. The van der Waals surface area contributed by atoms with E-state index >= 15 is 0 Å². The Balaban J connectivity index is 2.11. The van der Waals surface area contributed by atoms with Crippen molar-refractivity contribution in [3.8, 4) is 5.75 Å². The Hall–Kier alpha value is -1.87. The minimum Gasteiger partial charge on any atom is -0.508 e. The third kappa shape index (κ3) is 4.07. The Morgan fingerprint density at radius 3 is 2.55 bits per heavy atom. The first kappa shape index (κ1) is 14.5. The normalized spacial score (nSPS) is 12.6. The number of pyridine rings is 1. The highest BCUT2D eigenvalue weighted by molar-refractivity contribution is 5.27. The minimum atomic E-state index is 0.327. The van der Waals surface area contributed by atoms with Crippen LogP contribution in [0.5, 0.6) is 5.75 Å². The zero-order chi connectivity index (χ0) is 14.4. The summed E-state index contributed by atoms with van der Waals surface area (Å²) < 4.78 is 0. The van der Waals surface area contributed by atoms with Gasteiger partial charge in [0.05, 0.1) is 0 Å². The molecule has 3 heteroatoms. The predicted octanol–water partition coefficient (Wildman–Crippen LogP) is 3.59. The second-order valence-electron chi connectivity index (χ2n) is 5.19. The van der Waals surface area contributed by atoms with Crippen LogP contribution in [0.25, 0.3) is 0 Å². The lowest BCUT2D eigenvalue weighted by Gasteiger charge is -2.28. The standard InChI is InChI=1S/C17H22N2O/c1-3-14(2)19(13-16-7-5-9-18-11-16)12-15-6-4-8-17(20)10-15/h4-11,14,20H,3,12-13H2,1-2H3/t14-/m1/s1. The van der Waals surface area contributed by atoms with Gasteiger partial charge in [-0.05, 0) is 42.7 Å². The molecule has 0 saturated carbocycles. The fourth-order valence-corrected chi connectivity index (χ4v) is 2.24. The lowest BCUT2D eigenvalue weighted by atomic mass is 10.1. The molecule has 2 rings (SSSR count). The Morgan fingerprint density at radius 1 is 1.15 bits per heavy atom. The Kier molecular flexibility index (Phi) is 5.13. The second kappa shape index (κ2) is 7.06. The Morgan fingerprint density at radius 2 is 1.90 bits per heavy atom. The van der Waals surface area contributed by atoms with Crippen LogP contribution in [0.2, 0.25) is 0 Å². The summed E-state index contributed by atoms with van der Waals surface area (Å²) in [5, 5.41) is 9.58. The molecule has 0 spiro atoms. The van der Waals surface area contributed by atoms with Crippen LogP contribution in [0.1, 0.15) is 31.4 Å². The van der Waals surface area contributed by atoms with Crippen molar-refractivity contribution in [2.45, 2.75) is 39.4 Å². The van der Waals surface area contributed by atoms with Gasteiger partial charge in [0.1, 0.15) is 5.75 Å². The molecule has 0 saturated heterocycles. The van der Waals surface area contributed by atoms with Crippen molar-refractivity contribution < 1.29 is 5.11 Å². The molecular weight excluding hydrogens is 248 g/mol. The predicted molar refractivity (Wildman–Crippen MR) is 81.3 cm³/mol. The topological polar surface area (TPSA) is 36.4 Å². The molecule has 0 aliphatic heterocycles. The van der Waals surface area contributed by atoms with E-state index in [2.05, 4.69) is 35.9 Å². The third-order valence-corrected chi connectivity index (χ3v) is 3.62. The lowest BCUT2D eigenvalue weighted by Crippen LogP contribution is -2.31. The van der Waals surface area contributed by atoms with Gasteiger partial charge < -0.3 is 5.11 Å². The summed E-state index contributed by atoms with van der Waals surface area (Å²) in [4.78, 5) is 6.59. The number of phenols is 1. The van der Waals surface area contributed by atoms with Crippen LogP contribution < -0.4 is 0 Å². The summed E-state index contributed by atoms with van der Waals surface area (Å²) in [6.07, 6.45) is 4.81. The van der Waals surface area contributed by atoms with Crippen LogP contribution in [0.15, 0.2) is 48.8 Å². The van der Waals surface area contributed by atoms with E-state index in [1.54, 1.807) is 12.3 Å². The van der Waals surface area contributed by atoms with Crippen LogP contribution in [-0.4, -0.2) is 21.0 Å². The zero-order valence-electron chi connectivity index (χ0n) is 12.2. The fourth-order valence-electron chi connectivity index (χ4n) is 2.24. The van der Waals surface area contributed by atoms with Gasteiger partial charge >= 0.3 is 0 Å². The van der Waals surface area contributed by atoms with Gasteiger partial charge in [0, 0.05) is 31.5 Å². The molecule has 106 valence electrons. The number of phenolic OH excluding ortho intramolecular Hbond substituents is 1. The molecule has 3 nitrogen and oxygen atoms in total. The summed E-state index contributed by atoms with van der Waals surface area (Å²) in [6.45, 7) is 6.14. The van der Waals surface area contributed by atoms with E-state index in [0.717, 1.165) is 25.1 Å². The van der Waals surface area contributed by atoms with Gasteiger partial charge in [-0.25, -0.2) is 0 Å². The van der Waals surface area contributed by atoms with E-state index in [0.29, 0.717) is 11.8 Å². The third-order valence-electron chi connectivity index (χ3n) is 3.62. The van der Waals surface area contributed by atoms with Crippen LogP contribution >= 0.6 is 0 Å². The molecule has 20 heavy (non-hydrogen) atoms. The van der Waals surface area contributed by atoms with Gasteiger partial charge in [-0.15, -0.1) is 0 Å². The van der Waals surface area contributed by atoms with Crippen molar-refractivity contribution in [2.75, 3.05) is 0 Å². The molecule has 0 aliphatic carbocycles. The molecule has 2 aromatic rings. The van der Waals surface area contributed by atoms with E-state index in [4.69, 9.17) is 0 Å². The smallest absolute Gasteiger partial charge is 0.115 e. The van der Waals surface area contributed by atoms with Crippen molar-refractivity contribution in [1.82, 2.24) is 9.88 Å². The van der Waals surface area contributed by atoms with Gasteiger partial charge in [-0.1, -0.05) is 25.1 Å². The lowest BCUT2D eigenvalue weighted by molar-refractivity contribution is 0.186. The van der Waals surface area contributed by atoms with Crippen molar-refractivity contribution in [1.29, 1.82) is 0 Å². The number of benzene rings is 1. The molecule has 0 bridgehead atoms. The van der Waals surface area contributed by atoms with Crippen LogP contribution in [0, 0.1) is 0 Å². The summed E-state index contributed by atoms with van der Waals surface area (Å²) in [6, 6.07) is 12.0. The average Bonchev–Trinajstić information content (AvgIpc) is 2.47. The van der Waals surface area contributed by atoms with E-state index in [9.17, 15) is 5.11 Å². The maximum Gasteiger partial charge on any atom is 0.115 e. The highest BCUT2D eigenvalue weighted by atomic mass is 16.3. The van der Waals surface area contributed by atoms with E-state index in [1.807, 2.05) is 24.4 Å². The quantitative estimate of drug-likeness (QED) is 0.871. The van der Waals surface area contributed by atoms with E-state index in [1.165, 1.54) is 5.56 Å². The van der Waals surface area contributed by atoms with Crippen molar-refractivity contribution >= 4 is 0 Å². The summed E-state index contributed by atoms with van der Waals surface area (Å²) in [5.41, 5.74) is 2.35. The molecule has 0 aliphatic rings. The SMILES string of the molecule is CC[C@@H](C)N(Cc1cccnc1)Cc1cccc(O)c1. The highest BCUT2D eigenvalue weighted by Gasteiger charge is 2.13. The van der Waals surface area contributed by atoms with Crippen LogP contribution in [0.3, 0.4) is 0 Å². The molecule has 1 atom stereocenters. The summed E-state index contributed by atoms with van der Waals surface area (Å²) in [7, 11) is 0. The molecule has 0 radical (unpaired) electrons. The van der Waals surface area contributed by atoms with Gasteiger partial charge in [0.25, 0.3) is 0 Å². The van der Waals surface area contributed by atoms with Gasteiger partial charge in [-0.3, -0.25) is 9.88 Å². The summed E-state index contributed by atoms with van der Waals surface area (Å²) in [5.74, 6) is 0.327. The van der Waals surface area contributed by atoms with Crippen LogP contribution in [-0.2, 0) is 13.1 Å². The molecule has 0 unspecified atom stereocenters. The van der Waals surface area contributed by atoms with Crippen molar-refractivity contribution in [2.24, 2.45) is 0 Å². The van der Waals surface area contributed by atoms with E-state index < -0.39 is 0 Å². The fraction of sp³-hybridized carbons (Fsp3) is 0.353. The average molecular weight is 270 g/mol. The van der Waals surface area contributed by atoms with Gasteiger partial charge in [0.2, 0.25) is 0 Å². The van der Waals surface area contributed by atoms with Crippen LogP contribution in [0.4, 0.5) is 0 Å². The van der Waals surface area contributed by atoms with Gasteiger partial charge in [0.15, 0.2) is 0 Å². The molecular formula is C17H22N2O.